The molecule has 3 heterocycles. The SMILES string of the molecule is CC[C@@H](C)C(=O)N[C@H](C(=O)N1Cc2cc([C@H]3C[C@@H](C(=O)NC4CCCc5ccccc54)N(C(=O)[C@@H](NC(=O)[C@H](C)NC)C(C)(C)C)C3)ccc2C[C@H]1C(=O)NC(Cc1ccccc1)c1noc(C)n1)C(C)(C)C. The number of fused-ring (bicyclic) bond motifs is 2. The van der Waals surface area contributed by atoms with Gasteiger partial charge < -0.3 is 40.9 Å². The average Bonchev–Trinajstić information content (AvgIpc) is 4.02. The zero-order chi connectivity index (χ0) is 52.9. The van der Waals surface area contributed by atoms with Crippen molar-refractivity contribution in [2.45, 2.75) is 169 Å². The van der Waals surface area contributed by atoms with Crippen LogP contribution in [0.5, 0.6) is 0 Å². The normalized spacial score (nSPS) is 20.9. The molecule has 1 saturated heterocycles. The van der Waals surface area contributed by atoms with Gasteiger partial charge in [-0.15, -0.1) is 0 Å². The second kappa shape index (κ2) is 22.8. The van der Waals surface area contributed by atoms with Gasteiger partial charge in [0.25, 0.3) is 0 Å². The molecule has 16 nitrogen and oxygen atoms in total. The highest BCUT2D eigenvalue weighted by molar-refractivity contribution is 5.95. The van der Waals surface area contributed by atoms with E-state index in [1.165, 1.54) is 5.56 Å². The van der Waals surface area contributed by atoms with Gasteiger partial charge in [0.2, 0.25) is 41.3 Å². The first-order chi connectivity index (χ1) is 34.6. The number of hydrogen-bond donors (Lipinski definition) is 5. The Labute approximate surface area is 431 Å². The van der Waals surface area contributed by atoms with Gasteiger partial charge in [0.1, 0.15) is 24.2 Å². The van der Waals surface area contributed by atoms with Gasteiger partial charge >= 0.3 is 0 Å². The molecular weight excluding hydrogens is 923 g/mol. The lowest BCUT2D eigenvalue weighted by molar-refractivity contribution is -0.147. The van der Waals surface area contributed by atoms with E-state index in [-0.39, 0.29) is 61.0 Å². The van der Waals surface area contributed by atoms with E-state index in [1.807, 2.05) is 116 Å². The Hall–Kier alpha value is -6.42. The van der Waals surface area contributed by atoms with Crippen LogP contribution >= 0.6 is 0 Å². The summed E-state index contributed by atoms with van der Waals surface area (Å²) >= 11 is 0. The van der Waals surface area contributed by atoms with Crippen molar-refractivity contribution >= 4 is 35.4 Å². The number of amides is 6. The Morgan fingerprint density at radius 3 is 2.07 bits per heavy atom. The number of aryl methyl sites for hydroxylation is 2. The smallest absolute Gasteiger partial charge is 0.246 e. The summed E-state index contributed by atoms with van der Waals surface area (Å²) in [6, 6.07) is 18.7. The largest absolute Gasteiger partial charge is 0.347 e. The van der Waals surface area contributed by atoms with E-state index < -0.39 is 58.9 Å². The average molecular weight is 1000 g/mol. The number of likely N-dealkylation sites (N-methyl/N-ethyl adjacent to an activating group) is 1. The van der Waals surface area contributed by atoms with E-state index in [4.69, 9.17) is 4.52 Å². The minimum absolute atomic E-state index is 0.0543. The Kier molecular flexibility index (Phi) is 17.0. The number of nitrogens with one attached hydrogen (secondary N) is 5. The minimum Gasteiger partial charge on any atom is -0.347 e. The summed E-state index contributed by atoms with van der Waals surface area (Å²) in [4.78, 5) is 94.5. The van der Waals surface area contributed by atoms with Crippen molar-refractivity contribution in [1.82, 2.24) is 46.5 Å². The van der Waals surface area contributed by atoms with Gasteiger partial charge in [-0.3, -0.25) is 28.8 Å². The van der Waals surface area contributed by atoms with Crippen LogP contribution in [0.25, 0.3) is 0 Å². The van der Waals surface area contributed by atoms with Crippen molar-refractivity contribution in [2.24, 2.45) is 16.7 Å². The highest BCUT2D eigenvalue weighted by Crippen LogP contribution is 2.38. The van der Waals surface area contributed by atoms with E-state index in [0.29, 0.717) is 31.0 Å². The molecule has 73 heavy (non-hydrogen) atoms. The third-order valence-electron chi connectivity index (χ3n) is 15.1. The molecule has 2 unspecified atom stereocenters. The number of hydrogen-bond acceptors (Lipinski definition) is 10. The first-order valence-corrected chi connectivity index (χ1v) is 26.1. The van der Waals surface area contributed by atoms with E-state index >= 15 is 9.59 Å². The summed E-state index contributed by atoms with van der Waals surface area (Å²) in [6.07, 6.45) is 4.08. The second-order valence-electron chi connectivity index (χ2n) is 22.7. The fourth-order valence-corrected chi connectivity index (χ4v) is 10.3. The lowest BCUT2D eigenvalue weighted by Gasteiger charge is -2.41. The predicted molar refractivity (Wildman–Crippen MR) is 278 cm³/mol. The molecule has 1 aromatic heterocycles. The van der Waals surface area contributed by atoms with Crippen LogP contribution in [0.2, 0.25) is 0 Å². The zero-order valence-corrected chi connectivity index (χ0v) is 44.6. The molecular formula is C57H77N9O7. The molecule has 0 saturated carbocycles. The van der Waals surface area contributed by atoms with Crippen LogP contribution < -0.4 is 26.6 Å². The molecule has 4 aromatic rings. The predicted octanol–water partition coefficient (Wildman–Crippen LogP) is 6.33. The fraction of sp³-hybridized carbons (Fsp3) is 0.544. The Morgan fingerprint density at radius 1 is 0.767 bits per heavy atom. The molecule has 0 radical (unpaired) electrons. The quantitative estimate of drug-likeness (QED) is 0.0844. The number of rotatable bonds is 16. The lowest BCUT2D eigenvalue weighted by Crippen LogP contribution is -2.61. The first-order valence-electron chi connectivity index (χ1n) is 26.1. The molecule has 7 rings (SSSR count). The van der Waals surface area contributed by atoms with Gasteiger partial charge in [0.05, 0.1) is 18.1 Å². The Morgan fingerprint density at radius 2 is 1.42 bits per heavy atom. The summed E-state index contributed by atoms with van der Waals surface area (Å²) in [7, 11) is 1.69. The van der Waals surface area contributed by atoms with Crippen molar-refractivity contribution in [3.63, 3.8) is 0 Å². The first kappa shape index (κ1) is 54.4. The molecule has 1 aliphatic carbocycles. The molecule has 9 atom stereocenters. The summed E-state index contributed by atoms with van der Waals surface area (Å²) < 4.78 is 5.36. The van der Waals surface area contributed by atoms with Crippen molar-refractivity contribution in [2.75, 3.05) is 13.6 Å². The highest BCUT2D eigenvalue weighted by atomic mass is 16.5. The lowest BCUT2D eigenvalue weighted by atomic mass is 9.83. The Balaban J connectivity index is 1.24. The van der Waals surface area contributed by atoms with E-state index in [2.05, 4.69) is 48.9 Å². The van der Waals surface area contributed by atoms with E-state index in [0.717, 1.165) is 47.1 Å². The molecule has 5 N–H and O–H groups in total. The molecule has 2 aliphatic heterocycles. The number of likely N-dealkylation sites (tertiary alicyclic amines) is 1. The van der Waals surface area contributed by atoms with Gasteiger partial charge in [0, 0.05) is 44.7 Å². The van der Waals surface area contributed by atoms with Gasteiger partial charge in [-0.25, -0.2) is 0 Å². The standard InChI is InChI=1S/C57H77N9O7/c1-12-33(2)50(67)62-47(56(5,6)7)54(71)65-31-40-28-38(25-26-39(40)29-45(65)53(70)61-44(49-59-35(4)73-64-49)27-36-19-14-13-15-20-36)41-30-46(52(69)60-43-24-18-22-37-21-16-17-23-42(37)43)66(32-41)55(72)48(57(8,9)10)63-51(68)34(3)58-11/h13-17,19-21,23,25-26,28,33-34,41,43-48,58H,12,18,22,24,27,29-32H2,1-11H3,(H,60,69)(H,61,70)(H,62,67)(H,63,68)/t33-,34+,41+,43?,44?,45+,46+,47-,48-/m1/s1. The van der Waals surface area contributed by atoms with Crippen LogP contribution in [-0.2, 0) is 54.6 Å². The monoisotopic (exact) mass is 1000 g/mol. The highest BCUT2D eigenvalue weighted by Gasteiger charge is 2.47. The van der Waals surface area contributed by atoms with Crippen molar-refractivity contribution in [3.05, 3.63) is 118 Å². The van der Waals surface area contributed by atoms with Crippen LogP contribution in [0.1, 0.15) is 151 Å². The van der Waals surface area contributed by atoms with Crippen LogP contribution in [0, 0.1) is 23.7 Å². The third-order valence-corrected chi connectivity index (χ3v) is 15.1. The van der Waals surface area contributed by atoms with Gasteiger partial charge in [-0.2, -0.15) is 4.98 Å². The molecule has 16 heteroatoms. The molecule has 0 bridgehead atoms. The van der Waals surface area contributed by atoms with Crippen molar-refractivity contribution in [1.29, 1.82) is 0 Å². The maximum atomic E-state index is 15.2. The van der Waals surface area contributed by atoms with Crippen molar-refractivity contribution in [3.8, 4) is 0 Å². The number of benzene rings is 3. The topological polar surface area (TPSA) is 208 Å². The Bertz CT molecular complexity index is 2640. The van der Waals surface area contributed by atoms with Crippen LogP contribution in [0.4, 0.5) is 0 Å². The molecule has 392 valence electrons. The summed E-state index contributed by atoms with van der Waals surface area (Å²) in [5.74, 6) is -1.93. The molecule has 6 amide bonds. The van der Waals surface area contributed by atoms with Crippen LogP contribution in [-0.4, -0.2) is 99.2 Å². The summed E-state index contributed by atoms with van der Waals surface area (Å²) in [6.45, 7) is 18.8. The maximum absolute atomic E-state index is 15.2. The van der Waals surface area contributed by atoms with Crippen LogP contribution in [0.15, 0.2) is 77.3 Å². The molecule has 0 spiro atoms. The number of nitrogens with zero attached hydrogens (tertiary/aromatic N) is 4. The molecule has 3 aromatic carbocycles. The summed E-state index contributed by atoms with van der Waals surface area (Å²) in [5, 5.41) is 19.7. The van der Waals surface area contributed by atoms with E-state index in [1.54, 1.807) is 30.7 Å². The van der Waals surface area contributed by atoms with Crippen LogP contribution in [0.3, 0.4) is 0 Å². The van der Waals surface area contributed by atoms with Gasteiger partial charge in [-0.05, 0) is 90.3 Å². The molecule has 1 fully saturated rings. The second-order valence-corrected chi connectivity index (χ2v) is 22.7. The van der Waals surface area contributed by atoms with Crippen molar-refractivity contribution < 1.29 is 33.3 Å². The number of aromatic nitrogens is 2. The number of carbonyl (C=O) groups is 6. The van der Waals surface area contributed by atoms with Gasteiger partial charge in [-0.1, -0.05) is 133 Å². The minimum atomic E-state index is -0.977. The maximum Gasteiger partial charge on any atom is 0.246 e. The molecule has 3 aliphatic rings. The third kappa shape index (κ3) is 12.7. The fourth-order valence-electron chi connectivity index (χ4n) is 10.3. The zero-order valence-electron chi connectivity index (χ0n) is 44.6. The summed E-state index contributed by atoms with van der Waals surface area (Å²) in [5.41, 5.74) is 4.36. The van der Waals surface area contributed by atoms with Gasteiger partial charge in [0.15, 0.2) is 5.82 Å². The number of carbonyl (C=O) groups excluding carboxylic acids is 6. The van der Waals surface area contributed by atoms with E-state index in [9.17, 15) is 19.2 Å².